The molecular weight excluding hydrogens is 191 g/mol. The summed E-state index contributed by atoms with van der Waals surface area (Å²) in [6.07, 6.45) is 2.83. The van der Waals surface area contributed by atoms with Gasteiger partial charge in [0.05, 0.1) is 5.56 Å². The minimum absolute atomic E-state index is 0.280. The van der Waals surface area contributed by atoms with Gasteiger partial charge >= 0.3 is 13.1 Å². The molecule has 3 nitrogen and oxygen atoms in total. The predicted octanol–water partition coefficient (Wildman–Crippen LogP) is 2.52. The Kier molecular flexibility index (Phi) is 2.95. The molecule has 0 radical (unpaired) electrons. The molecule has 0 fully saturated rings. The molecule has 0 aliphatic carbocycles. The third-order valence-electron chi connectivity index (χ3n) is 2.40. The highest BCUT2D eigenvalue weighted by atomic mass is 16.6. The van der Waals surface area contributed by atoms with E-state index in [9.17, 15) is 4.79 Å². The quantitative estimate of drug-likeness (QED) is 0.709. The van der Waals surface area contributed by atoms with Crippen LogP contribution in [0.5, 0.6) is 5.75 Å². The van der Waals surface area contributed by atoms with Gasteiger partial charge in [-0.05, 0) is 12.1 Å². The summed E-state index contributed by atoms with van der Waals surface area (Å²) >= 11 is 0. The van der Waals surface area contributed by atoms with E-state index in [1.807, 2.05) is 6.07 Å². The fraction of sp³-hybridized carbons (Fsp3) is 0.364. The topological polar surface area (TPSA) is 35.5 Å². The number of rotatable bonds is 3. The van der Waals surface area contributed by atoms with Gasteiger partial charge in [-0.15, -0.1) is 0 Å². The average molecular weight is 204 g/mol. The molecule has 0 bridgehead atoms. The summed E-state index contributed by atoms with van der Waals surface area (Å²) in [6.45, 7) is 2.10. The van der Waals surface area contributed by atoms with Gasteiger partial charge in [0, 0.05) is 6.32 Å². The smallest absolute Gasteiger partial charge is 0.525 e. The lowest BCUT2D eigenvalue weighted by atomic mass is 9.81. The summed E-state index contributed by atoms with van der Waals surface area (Å²) in [6, 6.07) is 7.17. The van der Waals surface area contributed by atoms with E-state index in [1.54, 1.807) is 18.2 Å². The molecule has 0 saturated heterocycles. The molecule has 1 aromatic carbocycles. The molecule has 1 aliphatic heterocycles. The van der Waals surface area contributed by atoms with Crippen molar-refractivity contribution in [3.05, 3.63) is 29.8 Å². The Morgan fingerprint density at radius 2 is 2.07 bits per heavy atom. The number of carbonyl (C=O) groups excluding carboxylic acids is 1. The summed E-state index contributed by atoms with van der Waals surface area (Å²) in [5, 5.41) is 0. The molecule has 78 valence electrons. The van der Waals surface area contributed by atoms with E-state index in [2.05, 4.69) is 6.92 Å². The summed E-state index contributed by atoms with van der Waals surface area (Å²) in [7, 11) is -0.410. The summed E-state index contributed by atoms with van der Waals surface area (Å²) in [4.78, 5) is 11.6. The summed E-state index contributed by atoms with van der Waals surface area (Å²) in [5.74, 6) is 0.354. The van der Waals surface area contributed by atoms with Gasteiger partial charge in [-0.1, -0.05) is 31.9 Å². The van der Waals surface area contributed by atoms with Crippen LogP contribution in [0.4, 0.5) is 0 Å². The number of hydrogen-bond donors (Lipinski definition) is 0. The largest absolute Gasteiger partial charge is 0.596 e. The van der Waals surface area contributed by atoms with Crippen LogP contribution >= 0.6 is 0 Å². The van der Waals surface area contributed by atoms with E-state index in [0.29, 0.717) is 11.3 Å². The van der Waals surface area contributed by atoms with E-state index >= 15 is 0 Å². The maximum atomic E-state index is 11.6. The highest BCUT2D eigenvalue weighted by Gasteiger charge is 2.32. The molecule has 1 aromatic rings. The van der Waals surface area contributed by atoms with Crippen molar-refractivity contribution < 1.29 is 14.1 Å². The molecule has 4 heteroatoms. The Labute approximate surface area is 89.5 Å². The highest BCUT2D eigenvalue weighted by molar-refractivity contribution is 6.49. The average Bonchev–Trinajstić information content (AvgIpc) is 2.26. The zero-order valence-electron chi connectivity index (χ0n) is 8.73. The Balaban J connectivity index is 2.12. The monoisotopic (exact) mass is 204 g/mol. The summed E-state index contributed by atoms with van der Waals surface area (Å²) in [5.41, 5.74) is 0.519. The van der Waals surface area contributed by atoms with Crippen LogP contribution in [0.1, 0.15) is 30.1 Å². The second kappa shape index (κ2) is 4.38. The first-order chi connectivity index (χ1) is 7.31. The molecule has 0 saturated carbocycles. The van der Waals surface area contributed by atoms with Gasteiger partial charge in [-0.2, -0.15) is 0 Å². The maximum Gasteiger partial charge on any atom is 0.596 e. The van der Waals surface area contributed by atoms with Gasteiger partial charge in [0.15, 0.2) is 0 Å². The first kappa shape index (κ1) is 10.1. The van der Waals surface area contributed by atoms with E-state index in [1.165, 1.54) is 0 Å². The third-order valence-corrected chi connectivity index (χ3v) is 2.40. The van der Waals surface area contributed by atoms with Gasteiger partial charge < -0.3 is 9.31 Å². The first-order valence-corrected chi connectivity index (χ1v) is 5.28. The van der Waals surface area contributed by atoms with Crippen molar-refractivity contribution in [3.8, 4) is 5.75 Å². The van der Waals surface area contributed by atoms with Crippen LogP contribution in [-0.4, -0.2) is 13.1 Å². The van der Waals surface area contributed by atoms with Crippen LogP contribution in [0.3, 0.4) is 0 Å². The minimum atomic E-state index is -0.410. The van der Waals surface area contributed by atoms with Crippen molar-refractivity contribution in [2.75, 3.05) is 0 Å². The van der Waals surface area contributed by atoms with E-state index in [4.69, 9.17) is 9.31 Å². The molecule has 0 spiro atoms. The fourth-order valence-electron chi connectivity index (χ4n) is 1.58. The Hall–Kier alpha value is -1.45. The van der Waals surface area contributed by atoms with E-state index in [0.717, 1.165) is 19.2 Å². The van der Waals surface area contributed by atoms with Crippen LogP contribution in [0, 0.1) is 0 Å². The zero-order valence-corrected chi connectivity index (χ0v) is 8.73. The van der Waals surface area contributed by atoms with E-state index in [-0.39, 0.29) is 5.97 Å². The van der Waals surface area contributed by atoms with Gasteiger partial charge in [0.1, 0.15) is 5.75 Å². The lowest BCUT2D eigenvalue weighted by molar-refractivity contribution is 0.0678. The second-order valence-corrected chi connectivity index (χ2v) is 3.59. The van der Waals surface area contributed by atoms with Crippen LogP contribution in [0.2, 0.25) is 6.32 Å². The Morgan fingerprint density at radius 1 is 1.27 bits per heavy atom. The fourth-order valence-corrected chi connectivity index (χ4v) is 1.58. The number of fused-ring (bicyclic) bond motifs is 1. The van der Waals surface area contributed by atoms with Crippen molar-refractivity contribution >= 4 is 13.1 Å². The summed E-state index contributed by atoms with van der Waals surface area (Å²) < 4.78 is 10.7. The van der Waals surface area contributed by atoms with Crippen LogP contribution < -0.4 is 4.65 Å². The predicted molar refractivity (Wildman–Crippen MR) is 58.0 cm³/mol. The van der Waals surface area contributed by atoms with Crippen molar-refractivity contribution in [3.63, 3.8) is 0 Å². The lowest BCUT2D eigenvalue weighted by Gasteiger charge is -2.22. The molecule has 1 heterocycles. The lowest BCUT2D eigenvalue weighted by Crippen LogP contribution is -2.34. The number of hydrogen-bond acceptors (Lipinski definition) is 3. The minimum Gasteiger partial charge on any atom is -0.525 e. The molecule has 0 unspecified atom stereocenters. The van der Waals surface area contributed by atoms with Crippen molar-refractivity contribution in [1.29, 1.82) is 0 Å². The zero-order chi connectivity index (χ0) is 10.7. The Bertz CT molecular complexity index is 365. The Morgan fingerprint density at radius 3 is 2.87 bits per heavy atom. The van der Waals surface area contributed by atoms with Gasteiger partial charge in [0.2, 0.25) is 0 Å². The maximum absolute atomic E-state index is 11.6. The van der Waals surface area contributed by atoms with Crippen LogP contribution in [0.25, 0.3) is 0 Å². The van der Waals surface area contributed by atoms with Crippen molar-refractivity contribution in [2.24, 2.45) is 0 Å². The molecule has 0 amide bonds. The molecule has 2 rings (SSSR count). The molecule has 15 heavy (non-hydrogen) atoms. The van der Waals surface area contributed by atoms with E-state index < -0.39 is 7.12 Å². The number of carbonyl (C=O) groups is 1. The number of benzene rings is 1. The van der Waals surface area contributed by atoms with Crippen LogP contribution in [0.15, 0.2) is 24.3 Å². The first-order valence-electron chi connectivity index (χ1n) is 5.28. The number of para-hydroxylation sites is 1. The third kappa shape index (κ3) is 2.14. The van der Waals surface area contributed by atoms with Gasteiger partial charge in [0.25, 0.3) is 0 Å². The second-order valence-electron chi connectivity index (χ2n) is 3.59. The highest BCUT2D eigenvalue weighted by Crippen LogP contribution is 2.25. The van der Waals surface area contributed by atoms with Gasteiger partial charge in [-0.3, -0.25) is 0 Å². The number of unbranched alkanes of at least 4 members (excludes halogenated alkanes) is 1. The van der Waals surface area contributed by atoms with Crippen molar-refractivity contribution in [2.45, 2.75) is 26.1 Å². The normalized spacial score (nSPS) is 14.2. The molecule has 1 aliphatic rings. The molecule has 0 N–H and O–H groups in total. The molecular formula is C11H13BO3. The standard InChI is InChI=1S/C11H13BO3/c1-2-3-8-12-14-10-7-5-4-6-9(10)11(13)15-12/h4-7H,2-3,8H2,1H3. The van der Waals surface area contributed by atoms with Crippen LogP contribution in [-0.2, 0) is 4.65 Å². The van der Waals surface area contributed by atoms with Gasteiger partial charge in [-0.25, -0.2) is 4.79 Å². The SMILES string of the molecule is CCCCB1OC(=O)c2ccccc2O1. The molecule has 0 aromatic heterocycles. The van der Waals surface area contributed by atoms with Crippen molar-refractivity contribution in [1.82, 2.24) is 0 Å². The molecule has 0 atom stereocenters.